The summed E-state index contributed by atoms with van der Waals surface area (Å²) in [6.07, 6.45) is 1.27. The summed E-state index contributed by atoms with van der Waals surface area (Å²) in [4.78, 5) is 2.50. The van der Waals surface area contributed by atoms with Crippen molar-refractivity contribution in [2.75, 3.05) is 39.8 Å². The molecular weight excluding hydrogens is 304 g/mol. The molecule has 0 radical (unpaired) electrons. The number of nitrogens with zero attached hydrogens (tertiary/aromatic N) is 1. The van der Waals surface area contributed by atoms with E-state index in [1.807, 2.05) is 31.3 Å². The van der Waals surface area contributed by atoms with E-state index in [4.69, 9.17) is 4.74 Å². The molecule has 1 unspecified atom stereocenters. The smallest absolute Gasteiger partial charge is 0.119 e. The van der Waals surface area contributed by atoms with E-state index >= 15 is 0 Å². The lowest BCUT2D eigenvalue weighted by molar-refractivity contribution is 0.216. The summed E-state index contributed by atoms with van der Waals surface area (Å²) in [6, 6.07) is 8.02. The molecule has 1 atom stereocenters. The fourth-order valence-corrected chi connectivity index (χ4v) is 2.98. The zero-order chi connectivity index (χ0) is 13.7. The number of rotatable bonds is 6. The first-order valence-corrected chi connectivity index (χ1v) is 7.66. The van der Waals surface area contributed by atoms with Gasteiger partial charge in [-0.15, -0.1) is 0 Å². The predicted molar refractivity (Wildman–Crippen MR) is 82.7 cm³/mol. The Balaban J connectivity index is 1.71. The van der Waals surface area contributed by atoms with Crippen molar-refractivity contribution in [1.29, 1.82) is 0 Å². The first-order valence-electron chi connectivity index (χ1n) is 6.87. The lowest BCUT2D eigenvalue weighted by Crippen LogP contribution is -2.34. The second-order valence-corrected chi connectivity index (χ2v) is 6.59. The average molecular weight is 327 g/mol. The maximum atomic E-state index is 5.77. The third kappa shape index (κ3) is 4.48. The summed E-state index contributed by atoms with van der Waals surface area (Å²) in [5, 5.41) is 3.30. The van der Waals surface area contributed by atoms with Gasteiger partial charge in [0.25, 0.3) is 0 Å². The molecule has 3 nitrogen and oxygen atoms in total. The maximum absolute atomic E-state index is 5.77. The summed E-state index contributed by atoms with van der Waals surface area (Å²) >= 11 is 3.42. The third-order valence-electron chi connectivity index (χ3n) is 3.73. The van der Waals surface area contributed by atoms with Crippen LogP contribution < -0.4 is 10.1 Å². The highest BCUT2D eigenvalue weighted by Gasteiger charge is 2.32. The van der Waals surface area contributed by atoms with Crippen LogP contribution in [0, 0.1) is 5.41 Å². The molecule has 1 fully saturated rings. The standard InChI is InChI=1S/C15H23BrN2O/c1-15(11-17-2)7-8-18(12-15)9-10-19-14-5-3-13(16)4-6-14/h3-6,17H,7-12H2,1-2H3. The molecule has 1 aliphatic heterocycles. The summed E-state index contributed by atoms with van der Waals surface area (Å²) in [6.45, 7) is 7.57. The molecule has 106 valence electrons. The highest BCUT2D eigenvalue weighted by Crippen LogP contribution is 2.28. The van der Waals surface area contributed by atoms with Gasteiger partial charge in [0.15, 0.2) is 0 Å². The van der Waals surface area contributed by atoms with Crippen molar-refractivity contribution in [2.24, 2.45) is 5.41 Å². The minimum Gasteiger partial charge on any atom is -0.492 e. The molecule has 0 spiro atoms. The number of ether oxygens (including phenoxy) is 1. The molecule has 1 heterocycles. The van der Waals surface area contributed by atoms with E-state index in [9.17, 15) is 0 Å². The van der Waals surface area contributed by atoms with Crippen molar-refractivity contribution in [3.63, 3.8) is 0 Å². The second kappa shape index (κ2) is 6.73. The monoisotopic (exact) mass is 326 g/mol. The SMILES string of the molecule is CNCC1(C)CCN(CCOc2ccc(Br)cc2)C1. The van der Waals surface area contributed by atoms with Crippen LogP contribution in [0.5, 0.6) is 5.75 Å². The highest BCUT2D eigenvalue weighted by molar-refractivity contribution is 9.10. The van der Waals surface area contributed by atoms with Crippen molar-refractivity contribution in [2.45, 2.75) is 13.3 Å². The van der Waals surface area contributed by atoms with Gasteiger partial charge in [-0.3, -0.25) is 4.90 Å². The normalized spacial score (nSPS) is 23.7. The summed E-state index contributed by atoms with van der Waals surface area (Å²) in [5.74, 6) is 0.945. The van der Waals surface area contributed by atoms with Crippen LogP contribution in [0.2, 0.25) is 0 Å². The van der Waals surface area contributed by atoms with E-state index in [-0.39, 0.29) is 0 Å². The molecule has 1 saturated heterocycles. The Morgan fingerprint density at radius 1 is 1.37 bits per heavy atom. The Hall–Kier alpha value is -0.580. The largest absolute Gasteiger partial charge is 0.492 e. The average Bonchev–Trinajstić information content (AvgIpc) is 2.74. The fourth-order valence-electron chi connectivity index (χ4n) is 2.71. The van der Waals surface area contributed by atoms with Gasteiger partial charge in [0.2, 0.25) is 0 Å². The van der Waals surface area contributed by atoms with Gasteiger partial charge in [-0.05, 0) is 49.7 Å². The van der Waals surface area contributed by atoms with Gasteiger partial charge in [0, 0.05) is 24.1 Å². The number of hydrogen-bond donors (Lipinski definition) is 1. The van der Waals surface area contributed by atoms with Crippen LogP contribution >= 0.6 is 15.9 Å². The van der Waals surface area contributed by atoms with E-state index in [1.165, 1.54) is 13.0 Å². The summed E-state index contributed by atoms with van der Waals surface area (Å²) < 4.78 is 6.86. The lowest BCUT2D eigenvalue weighted by Gasteiger charge is -2.24. The maximum Gasteiger partial charge on any atom is 0.119 e. The van der Waals surface area contributed by atoms with E-state index in [0.717, 1.165) is 36.5 Å². The molecule has 4 heteroatoms. The molecule has 1 aromatic rings. The molecule has 1 N–H and O–H groups in total. The number of halogens is 1. The molecule has 19 heavy (non-hydrogen) atoms. The summed E-state index contributed by atoms with van der Waals surface area (Å²) in [7, 11) is 2.03. The molecule has 1 aromatic carbocycles. The van der Waals surface area contributed by atoms with Crippen LogP contribution in [-0.4, -0.2) is 44.7 Å². The zero-order valence-corrected chi connectivity index (χ0v) is 13.4. The molecule has 1 aliphatic rings. The summed E-state index contributed by atoms with van der Waals surface area (Å²) in [5.41, 5.74) is 0.423. The van der Waals surface area contributed by atoms with Gasteiger partial charge in [-0.2, -0.15) is 0 Å². The topological polar surface area (TPSA) is 24.5 Å². The first kappa shape index (κ1) is 14.8. The van der Waals surface area contributed by atoms with Crippen molar-refractivity contribution in [3.8, 4) is 5.75 Å². The minimum atomic E-state index is 0.423. The van der Waals surface area contributed by atoms with Gasteiger partial charge in [-0.25, -0.2) is 0 Å². The van der Waals surface area contributed by atoms with E-state index in [0.29, 0.717) is 5.41 Å². The molecule has 0 bridgehead atoms. The van der Waals surface area contributed by atoms with E-state index in [1.54, 1.807) is 0 Å². The second-order valence-electron chi connectivity index (χ2n) is 5.67. The minimum absolute atomic E-state index is 0.423. The number of hydrogen-bond acceptors (Lipinski definition) is 3. The fraction of sp³-hybridized carbons (Fsp3) is 0.600. The van der Waals surface area contributed by atoms with Crippen LogP contribution in [-0.2, 0) is 0 Å². The Morgan fingerprint density at radius 2 is 2.11 bits per heavy atom. The van der Waals surface area contributed by atoms with Gasteiger partial charge < -0.3 is 10.1 Å². The number of nitrogens with one attached hydrogen (secondary N) is 1. The molecule has 0 amide bonds. The van der Waals surface area contributed by atoms with Crippen molar-refractivity contribution < 1.29 is 4.74 Å². The molecule has 0 aliphatic carbocycles. The molecule has 0 saturated carbocycles. The van der Waals surface area contributed by atoms with Gasteiger partial charge in [-0.1, -0.05) is 22.9 Å². The Morgan fingerprint density at radius 3 is 2.79 bits per heavy atom. The van der Waals surface area contributed by atoms with Crippen molar-refractivity contribution in [1.82, 2.24) is 10.2 Å². The lowest BCUT2D eigenvalue weighted by atomic mass is 9.90. The van der Waals surface area contributed by atoms with Gasteiger partial charge in [0.1, 0.15) is 12.4 Å². The van der Waals surface area contributed by atoms with E-state index < -0.39 is 0 Å². The predicted octanol–water partition coefficient (Wildman–Crippen LogP) is 2.76. The third-order valence-corrected chi connectivity index (χ3v) is 4.26. The highest BCUT2D eigenvalue weighted by atomic mass is 79.9. The van der Waals surface area contributed by atoms with Gasteiger partial charge in [0.05, 0.1) is 0 Å². The number of likely N-dealkylation sites (tertiary alicyclic amines) is 1. The van der Waals surface area contributed by atoms with Crippen LogP contribution in [0.25, 0.3) is 0 Å². The quantitative estimate of drug-likeness (QED) is 0.870. The van der Waals surface area contributed by atoms with Crippen molar-refractivity contribution in [3.05, 3.63) is 28.7 Å². The molecular formula is C15H23BrN2O. The Bertz CT molecular complexity index is 396. The first-order chi connectivity index (χ1) is 9.11. The van der Waals surface area contributed by atoms with Crippen LogP contribution in [0.15, 0.2) is 28.7 Å². The number of benzene rings is 1. The van der Waals surface area contributed by atoms with Crippen LogP contribution in [0.1, 0.15) is 13.3 Å². The molecule has 2 rings (SSSR count). The zero-order valence-electron chi connectivity index (χ0n) is 11.8. The van der Waals surface area contributed by atoms with E-state index in [2.05, 4.69) is 33.1 Å². The molecule has 0 aromatic heterocycles. The van der Waals surface area contributed by atoms with Crippen LogP contribution in [0.3, 0.4) is 0 Å². The van der Waals surface area contributed by atoms with Crippen LogP contribution in [0.4, 0.5) is 0 Å². The van der Waals surface area contributed by atoms with Crippen molar-refractivity contribution >= 4 is 15.9 Å². The van der Waals surface area contributed by atoms with Gasteiger partial charge >= 0.3 is 0 Å². The Kier molecular flexibility index (Phi) is 5.25. The Labute approximate surface area is 124 Å².